The van der Waals surface area contributed by atoms with Crippen LogP contribution in [0.2, 0.25) is 0 Å². The molecule has 0 spiro atoms. The van der Waals surface area contributed by atoms with Crippen LogP contribution < -0.4 is 4.72 Å². The van der Waals surface area contributed by atoms with E-state index in [0.29, 0.717) is 10.6 Å². The normalized spacial score (nSPS) is 16.9. The Kier molecular flexibility index (Phi) is 8.04. The molecular weight excluding hydrogens is 420 g/mol. The molecule has 178 valence electrons. The number of hydrogen-bond donors (Lipinski definition) is 1. The summed E-state index contributed by atoms with van der Waals surface area (Å²) in [6.45, 7) is 6.58. The lowest BCUT2D eigenvalue weighted by atomic mass is 9.90. The van der Waals surface area contributed by atoms with Gasteiger partial charge in [0.2, 0.25) is 0 Å². The van der Waals surface area contributed by atoms with E-state index in [1.54, 1.807) is 16.8 Å². The van der Waals surface area contributed by atoms with Crippen LogP contribution in [-0.4, -0.2) is 49.9 Å². The van der Waals surface area contributed by atoms with Gasteiger partial charge in [-0.3, -0.25) is 9.40 Å². The van der Waals surface area contributed by atoms with Gasteiger partial charge in [-0.15, -0.1) is 0 Å². The Labute approximate surface area is 194 Å². The maximum absolute atomic E-state index is 13.0. The van der Waals surface area contributed by atoms with Crippen molar-refractivity contribution in [3.63, 3.8) is 0 Å². The van der Waals surface area contributed by atoms with Crippen LogP contribution >= 0.6 is 0 Å². The minimum Gasteiger partial charge on any atom is -0.328 e. The first-order valence-electron chi connectivity index (χ1n) is 12.1. The highest BCUT2D eigenvalue weighted by molar-refractivity contribution is 7.92. The number of hydrogen-bond acceptors (Lipinski definition) is 3. The fraction of sp³-hybridized carbons (Fsp3) is 0.640. The molecule has 1 aliphatic rings. The molecule has 0 saturated carbocycles. The molecule has 6 nitrogen and oxygen atoms in total. The molecule has 1 aromatic carbocycles. The third kappa shape index (κ3) is 6.35. The number of likely N-dealkylation sites (tertiary alicyclic amines) is 1. The maximum Gasteiger partial charge on any atom is 0.262 e. The minimum atomic E-state index is -3.64. The Morgan fingerprint density at radius 3 is 2.38 bits per heavy atom. The summed E-state index contributed by atoms with van der Waals surface area (Å²) in [4.78, 5) is 0.304. The van der Waals surface area contributed by atoms with Crippen molar-refractivity contribution in [2.75, 3.05) is 31.9 Å². The van der Waals surface area contributed by atoms with E-state index in [2.05, 4.69) is 30.8 Å². The monoisotopic (exact) mass is 461 g/mol. The molecule has 0 amide bonds. The van der Waals surface area contributed by atoms with Gasteiger partial charge in [-0.1, -0.05) is 25.5 Å². The van der Waals surface area contributed by atoms with Gasteiger partial charge >= 0.3 is 0 Å². The van der Waals surface area contributed by atoms with Crippen molar-refractivity contribution in [3.8, 4) is 0 Å². The highest BCUT2D eigenvalue weighted by Gasteiger charge is 2.25. The van der Waals surface area contributed by atoms with Crippen molar-refractivity contribution in [2.45, 2.75) is 70.1 Å². The summed E-state index contributed by atoms with van der Waals surface area (Å²) in [5, 5.41) is 4.51. The van der Waals surface area contributed by atoms with E-state index in [4.69, 9.17) is 0 Å². The molecule has 7 heteroatoms. The average molecular weight is 462 g/mol. The lowest BCUT2D eigenvalue weighted by Crippen LogP contribution is -2.46. The van der Waals surface area contributed by atoms with E-state index in [1.807, 2.05) is 26.1 Å². The number of anilines is 1. The summed E-state index contributed by atoms with van der Waals surface area (Å²) in [5.41, 5.74) is 3.48. The van der Waals surface area contributed by atoms with Gasteiger partial charge in [0, 0.05) is 7.05 Å². The molecule has 1 aromatic heterocycles. The van der Waals surface area contributed by atoms with Gasteiger partial charge in [-0.05, 0) is 75.5 Å². The minimum absolute atomic E-state index is 0.304. The number of aryl methyl sites for hydroxylation is 3. The van der Waals surface area contributed by atoms with E-state index in [1.165, 1.54) is 37.9 Å². The Bertz CT molecular complexity index is 984. The van der Waals surface area contributed by atoms with Gasteiger partial charge in [-0.2, -0.15) is 5.10 Å². The van der Waals surface area contributed by atoms with Gasteiger partial charge in [-0.25, -0.2) is 8.42 Å². The van der Waals surface area contributed by atoms with Crippen molar-refractivity contribution >= 4 is 15.7 Å². The van der Waals surface area contributed by atoms with Crippen LogP contribution in [0.15, 0.2) is 29.2 Å². The molecule has 1 N–H and O–H groups in total. The number of nitrogens with one attached hydrogen (secondary N) is 1. The lowest BCUT2D eigenvalue weighted by Gasteiger charge is -2.37. The molecule has 2 aromatic rings. The quantitative estimate of drug-likeness (QED) is 0.523. The Morgan fingerprint density at radius 1 is 1.09 bits per heavy atom. The third-order valence-electron chi connectivity index (χ3n) is 7.01. The summed E-state index contributed by atoms with van der Waals surface area (Å²) < 4.78 is 31.7. The molecule has 0 aliphatic carbocycles. The lowest BCUT2D eigenvalue weighted by molar-refractivity contribution is -0.896. The number of nitrogens with zero attached hydrogens (tertiary/aromatic N) is 3. The molecule has 0 unspecified atom stereocenters. The average Bonchev–Trinajstić information content (AvgIpc) is 3.01. The predicted octanol–water partition coefficient (Wildman–Crippen LogP) is 4.68. The first-order chi connectivity index (χ1) is 15.1. The Morgan fingerprint density at radius 2 is 1.75 bits per heavy atom. The zero-order valence-electron chi connectivity index (χ0n) is 20.5. The zero-order chi connectivity index (χ0) is 23.4. The van der Waals surface area contributed by atoms with E-state index in [9.17, 15) is 8.42 Å². The van der Waals surface area contributed by atoms with E-state index in [0.717, 1.165) is 53.9 Å². The molecule has 32 heavy (non-hydrogen) atoms. The van der Waals surface area contributed by atoms with Gasteiger partial charge in [0.1, 0.15) is 0 Å². The van der Waals surface area contributed by atoms with Crippen LogP contribution in [0, 0.1) is 12.8 Å². The highest BCUT2D eigenvalue weighted by Crippen LogP contribution is 2.27. The molecule has 0 bridgehead atoms. The van der Waals surface area contributed by atoms with Crippen LogP contribution in [0.1, 0.15) is 62.4 Å². The second-order valence-corrected chi connectivity index (χ2v) is 11.8. The topological polar surface area (TPSA) is 64.0 Å². The number of quaternary nitrogens is 1. The fourth-order valence-electron chi connectivity index (χ4n) is 4.56. The number of rotatable bonds is 10. The molecule has 1 fully saturated rings. The fourth-order valence-corrected chi connectivity index (χ4v) is 5.71. The smallest absolute Gasteiger partial charge is 0.262 e. The number of piperidine rings is 1. The van der Waals surface area contributed by atoms with Gasteiger partial charge in [0.05, 0.1) is 49.2 Å². The van der Waals surface area contributed by atoms with Crippen molar-refractivity contribution in [2.24, 2.45) is 13.0 Å². The number of sulfonamides is 1. The molecule has 3 rings (SSSR count). The number of benzene rings is 1. The highest BCUT2D eigenvalue weighted by atomic mass is 32.2. The molecule has 0 atom stereocenters. The number of aromatic nitrogens is 2. The van der Waals surface area contributed by atoms with Gasteiger partial charge in [0.15, 0.2) is 0 Å². The van der Waals surface area contributed by atoms with Gasteiger partial charge in [0.25, 0.3) is 10.0 Å². The zero-order valence-corrected chi connectivity index (χ0v) is 21.3. The molecule has 2 heterocycles. The molecule has 1 aliphatic heterocycles. The van der Waals surface area contributed by atoms with Crippen molar-refractivity contribution in [1.29, 1.82) is 0 Å². The van der Waals surface area contributed by atoms with E-state index < -0.39 is 10.0 Å². The van der Waals surface area contributed by atoms with Crippen LogP contribution in [0.25, 0.3) is 0 Å². The first-order valence-corrected chi connectivity index (χ1v) is 13.6. The van der Waals surface area contributed by atoms with Crippen molar-refractivity contribution in [1.82, 2.24) is 9.78 Å². The van der Waals surface area contributed by atoms with Gasteiger partial charge < -0.3 is 4.48 Å². The summed E-state index contributed by atoms with van der Waals surface area (Å²) in [6, 6.07) is 7.39. The van der Waals surface area contributed by atoms with Crippen molar-refractivity contribution in [3.05, 3.63) is 41.2 Å². The molecular formula is C25H41N4O2S+. The van der Waals surface area contributed by atoms with E-state index >= 15 is 0 Å². The first kappa shape index (κ1) is 24.8. The Hall–Kier alpha value is -1.86. The summed E-state index contributed by atoms with van der Waals surface area (Å²) in [7, 11) is 2.85. The van der Waals surface area contributed by atoms with Crippen LogP contribution in [-0.2, 0) is 29.9 Å². The second-order valence-electron chi connectivity index (χ2n) is 10.1. The summed E-state index contributed by atoms with van der Waals surface area (Å²) >= 11 is 0. The standard InChI is InChI=1S/C25H41N4O2S/c1-6-7-11-24-25(20(2)28(3)26-24)27-32(30,31)23-14-12-21(13-15-23)9-8-10-22-16-18-29(4,5)19-17-22/h12-15,22,27H,6-11,16-19H2,1-5H3/q+1. The molecule has 0 radical (unpaired) electrons. The molecule has 1 saturated heterocycles. The van der Waals surface area contributed by atoms with E-state index in [-0.39, 0.29) is 0 Å². The maximum atomic E-state index is 13.0. The summed E-state index contributed by atoms with van der Waals surface area (Å²) in [5.74, 6) is 0.842. The van der Waals surface area contributed by atoms with Crippen LogP contribution in [0.3, 0.4) is 0 Å². The second kappa shape index (κ2) is 10.4. The van der Waals surface area contributed by atoms with Crippen molar-refractivity contribution < 1.29 is 12.9 Å². The van der Waals surface area contributed by atoms with Crippen LogP contribution in [0.4, 0.5) is 5.69 Å². The SMILES string of the molecule is CCCCc1nn(C)c(C)c1NS(=O)(=O)c1ccc(CCCC2CC[N+](C)(C)CC2)cc1. The largest absolute Gasteiger partial charge is 0.328 e. The predicted molar refractivity (Wildman–Crippen MR) is 131 cm³/mol. The third-order valence-corrected chi connectivity index (χ3v) is 8.37. The Balaban J connectivity index is 1.58. The van der Waals surface area contributed by atoms with Crippen LogP contribution in [0.5, 0.6) is 0 Å². The number of unbranched alkanes of at least 4 members (excludes halogenated alkanes) is 1. The summed E-state index contributed by atoms with van der Waals surface area (Å²) in [6.07, 6.45) is 8.88.